The standard InChI is InChI=1S/C4H10N2.C4H10O3S/c1-2-6-4-3-5-1;1-3-7-8(5,6)4-2/h5-6H,1-4H2;3-4H2,1-2H3. The lowest BCUT2D eigenvalue weighted by molar-refractivity contribution is 0.339. The molecule has 0 unspecified atom stereocenters. The molecule has 0 aromatic heterocycles. The zero-order valence-electron chi connectivity index (χ0n) is 8.88. The predicted octanol–water partition coefficient (Wildman–Crippen LogP) is -0.448. The third kappa shape index (κ3) is 8.43. The van der Waals surface area contributed by atoms with E-state index in [1.807, 2.05) is 0 Å². The number of hydrogen-bond acceptors (Lipinski definition) is 5. The van der Waals surface area contributed by atoms with Crippen molar-refractivity contribution in [1.29, 1.82) is 0 Å². The molecule has 2 N–H and O–H groups in total. The molecule has 1 fully saturated rings. The van der Waals surface area contributed by atoms with Gasteiger partial charge in [0.15, 0.2) is 0 Å². The first-order valence-electron chi connectivity index (χ1n) is 4.91. The number of piperazine rings is 1. The van der Waals surface area contributed by atoms with Crippen LogP contribution in [0.3, 0.4) is 0 Å². The highest BCUT2D eigenvalue weighted by atomic mass is 32.2. The van der Waals surface area contributed by atoms with Crippen LogP contribution in [-0.4, -0.2) is 47.0 Å². The van der Waals surface area contributed by atoms with Gasteiger partial charge in [0.05, 0.1) is 12.4 Å². The minimum atomic E-state index is -3.17. The average Bonchev–Trinajstić information content (AvgIpc) is 2.21. The molecule has 14 heavy (non-hydrogen) atoms. The van der Waals surface area contributed by atoms with Crippen molar-refractivity contribution in [2.24, 2.45) is 0 Å². The second kappa shape index (κ2) is 8.16. The Morgan fingerprint density at radius 3 is 1.64 bits per heavy atom. The van der Waals surface area contributed by atoms with Gasteiger partial charge < -0.3 is 10.6 Å². The summed E-state index contributed by atoms with van der Waals surface area (Å²) >= 11 is 0. The van der Waals surface area contributed by atoms with Crippen LogP contribution < -0.4 is 10.6 Å². The normalized spacial score (nSPS) is 17.0. The Kier molecular flexibility index (Phi) is 8.07. The van der Waals surface area contributed by atoms with Gasteiger partial charge in [0, 0.05) is 26.2 Å². The summed E-state index contributed by atoms with van der Waals surface area (Å²) in [6, 6.07) is 0. The highest BCUT2D eigenvalue weighted by Crippen LogP contribution is 1.89. The molecule has 6 heteroatoms. The summed E-state index contributed by atoms with van der Waals surface area (Å²) in [7, 11) is -3.17. The van der Waals surface area contributed by atoms with Crippen LogP contribution in [0.5, 0.6) is 0 Å². The number of nitrogens with one attached hydrogen (secondary N) is 2. The van der Waals surface area contributed by atoms with Crippen LogP contribution in [0.1, 0.15) is 13.8 Å². The van der Waals surface area contributed by atoms with E-state index in [-0.39, 0.29) is 12.4 Å². The molecule has 5 nitrogen and oxygen atoms in total. The van der Waals surface area contributed by atoms with Crippen LogP contribution >= 0.6 is 0 Å². The second-order valence-corrected chi connectivity index (χ2v) is 4.68. The van der Waals surface area contributed by atoms with Crippen LogP contribution in [0.2, 0.25) is 0 Å². The molecule has 1 aliphatic heterocycles. The second-order valence-electron chi connectivity index (χ2n) is 2.75. The van der Waals surface area contributed by atoms with Crippen LogP contribution in [0.4, 0.5) is 0 Å². The van der Waals surface area contributed by atoms with Crippen molar-refractivity contribution in [3.63, 3.8) is 0 Å². The minimum Gasteiger partial charge on any atom is -0.314 e. The van der Waals surface area contributed by atoms with Crippen LogP contribution in [-0.2, 0) is 14.3 Å². The van der Waals surface area contributed by atoms with E-state index < -0.39 is 10.1 Å². The molecule has 0 bridgehead atoms. The molecule has 0 aromatic rings. The van der Waals surface area contributed by atoms with Crippen molar-refractivity contribution in [2.45, 2.75) is 13.8 Å². The Hall–Kier alpha value is -0.170. The summed E-state index contributed by atoms with van der Waals surface area (Å²) in [6.45, 7) is 7.98. The fraction of sp³-hybridized carbons (Fsp3) is 1.00. The zero-order valence-corrected chi connectivity index (χ0v) is 9.69. The molecule has 0 saturated carbocycles. The van der Waals surface area contributed by atoms with Crippen molar-refractivity contribution in [3.05, 3.63) is 0 Å². The molecule has 0 amide bonds. The van der Waals surface area contributed by atoms with Gasteiger partial charge in [0.25, 0.3) is 10.1 Å². The lowest BCUT2D eigenvalue weighted by Gasteiger charge is -2.11. The fourth-order valence-corrected chi connectivity index (χ4v) is 1.39. The van der Waals surface area contributed by atoms with Gasteiger partial charge in [-0.15, -0.1) is 0 Å². The van der Waals surface area contributed by atoms with E-state index in [4.69, 9.17) is 0 Å². The van der Waals surface area contributed by atoms with E-state index in [0.29, 0.717) is 0 Å². The molecule has 1 saturated heterocycles. The Morgan fingerprint density at radius 2 is 1.50 bits per heavy atom. The Balaban J connectivity index is 0.000000249. The summed E-state index contributed by atoms with van der Waals surface area (Å²) in [5.74, 6) is 0.0564. The molecule has 86 valence electrons. The Morgan fingerprint density at radius 1 is 1.07 bits per heavy atom. The first-order valence-corrected chi connectivity index (χ1v) is 6.48. The molecule has 0 aliphatic carbocycles. The van der Waals surface area contributed by atoms with E-state index in [2.05, 4.69) is 14.8 Å². The number of hydrogen-bond donors (Lipinski definition) is 2. The van der Waals surface area contributed by atoms with E-state index in [1.165, 1.54) is 0 Å². The van der Waals surface area contributed by atoms with Gasteiger partial charge in [-0.25, -0.2) is 0 Å². The minimum absolute atomic E-state index is 0.0564. The molecule has 1 aliphatic rings. The van der Waals surface area contributed by atoms with Gasteiger partial charge in [0.2, 0.25) is 0 Å². The van der Waals surface area contributed by atoms with Crippen LogP contribution in [0.15, 0.2) is 0 Å². The highest BCUT2D eigenvalue weighted by molar-refractivity contribution is 7.86. The van der Waals surface area contributed by atoms with Crippen molar-refractivity contribution in [1.82, 2.24) is 10.6 Å². The van der Waals surface area contributed by atoms with Gasteiger partial charge in [-0.3, -0.25) is 4.18 Å². The summed E-state index contributed by atoms with van der Waals surface area (Å²) in [5, 5.41) is 6.44. The molecule has 0 spiro atoms. The summed E-state index contributed by atoms with van der Waals surface area (Å²) in [5.41, 5.74) is 0. The van der Waals surface area contributed by atoms with E-state index in [0.717, 1.165) is 26.2 Å². The Bertz CT molecular complexity index is 201. The maximum absolute atomic E-state index is 10.4. The topological polar surface area (TPSA) is 67.4 Å². The van der Waals surface area contributed by atoms with Crippen LogP contribution in [0, 0.1) is 0 Å². The predicted molar refractivity (Wildman–Crippen MR) is 56.8 cm³/mol. The monoisotopic (exact) mass is 224 g/mol. The van der Waals surface area contributed by atoms with Gasteiger partial charge >= 0.3 is 0 Å². The summed E-state index contributed by atoms with van der Waals surface area (Å²) in [4.78, 5) is 0. The van der Waals surface area contributed by atoms with Crippen LogP contribution in [0.25, 0.3) is 0 Å². The van der Waals surface area contributed by atoms with Gasteiger partial charge in [-0.1, -0.05) is 0 Å². The largest absolute Gasteiger partial charge is 0.314 e. The molecular formula is C8H20N2O3S. The highest BCUT2D eigenvalue weighted by Gasteiger charge is 2.02. The SMILES string of the molecule is C1CNCCN1.CCOS(=O)(=O)CC. The van der Waals surface area contributed by atoms with E-state index in [9.17, 15) is 8.42 Å². The molecule has 1 heterocycles. The molecular weight excluding hydrogens is 204 g/mol. The van der Waals surface area contributed by atoms with E-state index in [1.54, 1.807) is 13.8 Å². The van der Waals surface area contributed by atoms with Crippen molar-refractivity contribution < 1.29 is 12.6 Å². The first kappa shape index (κ1) is 13.8. The molecule has 0 atom stereocenters. The molecule has 0 aromatic carbocycles. The van der Waals surface area contributed by atoms with Crippen molar-refractivity contribution in [3.8, 4) is 0 Å². The quantitative estimate of drug-likeness (QED) is 0.636. The van der Waals surface area contributed by atoms with Crippen molar-refractivity contribution >= 4 is 10.1 Å². The van der Waals surface area contributed by atoms with Gasteiger partial charge in [-0.2, -0.15) is 8.42 Å². The summed E-state index contributed by atoms with van der Waals surface area (Å²) < 4.78 is 25.1. The maximum atomic E-state index is 10.4. The first-order chi connectivity index (χ1) is 6.62. The fourth-order valence-electron chi connectivity index (χ4n) is 0.866. The zero-order chi connectivity index (χ0) is 10.9. The third-order valence-corrected chi connectivity index (χ3v) is 2.91. The summed E-state index contributed by atoms with van der Waals surface area (Å²) in [6.07, 6.45) is 0. The van der Waals surface area contributed by atoms with E-state index >= 15 is 0 Å². The smallest absolute Gasteiger partial charge is 0.267 e. The maximum Gasteiger partial charge on any atom is 0.267 e. The average molecular weight is 224 g/mol. The van der Waals surface area contributed by atoms with Crippen molar-refractivity contribution in [2.75, 3.05) is 38.5 Å². The number of rotatable bonds is 3. The van der Waals surface area contributed by atoms with Gasteiger partial charge in [-0.05, 0) is 13.8 Å². The van der Waals surface area contributed by atoms with Gasteiger partial charge in [0.1, 0.15) is 0 Å². The lowest BCUT2D eigenvalue weighted by Crippen LogP contribution is -2.39. The third-order valence-electron chi connectivity index (χ3n) is 1.61. The molecule has 1 rings (SSSR count). The Labute approximate surface area is 86.3 Å². The lowest BCUT2D eigenvalue weighted by atomic mass is 10.4. The molecule has 0 radical (unpaired) electrons.